The van der Waals surface area contributed by atoms with Crippen LogP contribution in [-0.2, 0) is 0 Å². The number of nitrogens with zero attached hydrogens (tertiary/aromatic N) is 4. The number of hydrogen-bond donors (Lipinski definition) is 0. The molecule has 304 valence electrons. The van der Waals surface area contributed by atoms with Gasteiger partial charge in [0.1, 0.15) is 11.4 Å². The molecule has 4 aromatic rings. The Bertz CT molecular complexity index is 1710. The summed E-state index contributed by atoms with van der Waals surface area (Å²) >= 11 is 0. The van der Waals surface area contributed by atoms with E-state index in [0.717, 1.165) is 49.1 Å². The van der Waals surface area contributed by atoms with Crippen molar-refractivity contribution in [3.8, 4) is 11.5 Å². The number of benzene rings is 4. The van der Waals surface area contributed by atoms with Crippen LogP contribution in [0.3, 0.4) is 0 Å². The minimum Gasteiger partial charge on any atom is -1.00 e. The van der Waals surface area contributed by atoms with Gasteiger partial charge in [-0.05, 0) is 73.6 Å². The summed E-state index contributed by atoms with van der Waals surface area (Å²) in [4.78, 5) is 4.71. The Morgan fingerprint density at radius 1 is 0.446 bits per heavy atom. The van der Waals surface area contributed by atoms with Crippen molar-refractivity contribution in [1.29, 1.82) is 0 Å². The highest BCUT2D eigenvalue weighted by Gasteiger charge is 2.27. The van der Waals surface area contributed by atoms with E-state index in [2.05, 4.69) is 148 Å². The Morgan fingerprint density at radius 2 is 0.768 bits per heavy atom. The number of para-hydroxylation sites is 6. The average Bonchev–Trinajstić information content (AvgIpc) is 3.59. The molecule has 6 rings (SSSR count). The Kier molecular flexibility index (Phi) is 19.2. The Morgan fingerprint density at radius 3 is 1.07 bits per heavy atom. The minimum absolute atomic E-state index is 0. The van der Waals surface area contributed by atoms with Crippen LogP contribution in [0.1, 0.15) is 127 Å². The van der Waals surface area contributed by atoms with Crippen molar-refractivity contribution < 1.29 is 66.6 Å². The van der Waals surface area contributed by atoms with Gasteiger partial charge >= 0.3 is 0 Å². The van der Waals surface area contributed by atoms with Gasteiger partial charge in [0.2, 0.25) is 12.7 Å². The fourth-order valence-electron chi connectivity index (χ4n) is 7.82. The molecule has 0 aliphatic carbocycles. The predicted octanol–water partition coefficient (Wildman–Crippen LogP) is 5.84. The Balaban J connectivity index is 0.000000290. The van der Waals surface area contributed by atoms with Gasteiger partial charge in [0.15, 0.2) is 22.9 Å². The maximum atomic E-state index is 5.62. The largest absolute Gasteiger partial charge is 1.00 e. The molecule has 0 N–H and O–H groups in total. The number of methoxy groups -OCH3 is 2. The molecule has 4 aromatic carbocycles. The molecule has 8 heteroatoms. The number of halogens is 2. The zero-order valence-electron chi connectivity index (χ0n) is 35.6. The Hall–Kier alpha value is -3.12. The maximum absolute atomic E-state index is 5.62. The molecule has 0 saturated carbocycles. The average molecular weight is 985 g/mol. The van der Waals surface area contributed by atoms with Crippen LogP contribution >= 0.6 is 0 Å². The molecular weight excluding hydrogens is 918 g/mol. The van der Waals surface area contributed by atoms with Crippen LogP contribution in [0.15, 0.2) is 84.9 Å². The van der Waals surface area contributed by atoms with Gasteiger partial charge in [-0.3, -0.25) is 0 Å². The first-order chi connectivity index (χ1) is 26.0. The van der Waals surface area contributed by atoms with Crippen LogP contribution in [0.25, 0.3) is 0 Å². The third-order valence-electron chi connectivity index (χ3n) is 10.7. The fraction of sp³-hybridized carbons (Fsp3) is 0.458. The molecule has 0 saturated heterocycles. The van der Waals surface area contributed by atoms with Gasteiger partial charge in [-0.15, -0.1) is 0 Å². The van der Waals surface area contributed by atoms with Crippen LogP contribution in [0, 0.1) is 0 Å². The van der Waals surface area contributed by atoms with Gasteiger partial charge in [0, 0.05) is 22.3 Å². The summed E-state index contributed by atoms with van der Waals surface area (Å²) in [6.07, 6.45) is 9.33. The van der Waals surface area contributed by atoms with E-state index in [0.29, 0.717) is 23.7 Å². The third kappa shape index (κ3) is 11.5. The predicted molar refractivity (Wildman–Crippen MR) is 230 cm³/mol. The lowest BCUT2D eigenvalue weighted by molar-refractivity contribution is -0.437. The SMILES string of the molecule is COc1ccccc1N1C=[N+](c2c(C(C)C)cccc2C(C)C)CCCC1.COc1ccccc1N1C=[N+](c2c(C(C)C)cccc2C(C)C)CCCC1.[I-].[I-]. The second-order valence-electron chi connectivity index (χ2n) is 16.0. The molecule has 56 heavy (non-hydrogen) atoms. The van der Waals surface area contributed by atoms with E-state index in [1.54, 1.807) is 14.2 Å². The fourth-order valence-corrected chi connectivity index (χ4v) is 7.82. The first-order valence-corrected chi connectivity index (χ1v) is 20.3. The molecular formula is C48H66I2N4O2. The summed E-state index contributed by atoms with van der Waals surface area (Å²) in [5, 5.41) is 0. The van der Waals surface area contributed by atoms with Crippen molar-refractivity contribution in [2.24, 2.45) is 0 Å². The molecule has 2 aliphatic heterocycles. The highest BCUT2D eigenvalue weighted by molar-refractivity contribution is 5.81. The van der Waals surface area contributed by atoms with E-state index in [1.165, 1.54) is 59.3 Å². The zero-order chi connectivity index (χ0) is 38.8. The number of anilines is 2. The van der Waals surface area contributed by atoms with E-state index in [1.807, 2.05) is 24.3 Å². The number of ether oxygens (including phenoxy) is 2. The lowest BCUT2D eigenvalue weighted by Gasteiger charge is -2.20. The number of hydrogen-bond acceptors (Lipinski definition) is 4. The van der Waals surface area contributed by atoms with Gasteiger partial charge < -0.3 is 57.4 Å². The second kappa shape index (κ2) is 22.7. The summed E-state index contributed by atoms with van der Waals surface area (Å²) in [6, 6.07) is 30.2. The summed E-state index contributed by atoms with van der Waals surface area (Å²) in [5.74, 6) is 3.84. The van der Waals surface area contributed by atoms with Gasteiger partial charge in [-0.1, -0.05) is 116 Å². The van der Waals surface area contributed by atoms with Crippen LogP contribution in [-0.4, -0.2) is 62.2 Å². The lowest BCUT2D eigenvalue weighted by Crippen LogP contribution is -3.00. The third-order valence-corrected chi connectivity index (χ3v) is 10.7. The maximum Gasteiger partial charge on any atom is 0.244 e. The van der Waals surface area contributed by atoms with Crippen molar-refractivity contribution in [2.75, 3.05) is 50.2 Å². The molecule has 2 heterocycles. The topological polar surface area (TPSA) is 31.0 Å². The minimum atomic E-state index is 0. The van der Waals surface area contributed by atoms with Gasteiger partial charge in [-0.2, -0.15) is 0 Å². The standard InChI is InChI=1S/2C24H33N2O.2HI/c2*1-18(2)20-11-10-12-21(19(3)4)24(20)26-16-9-8-15-25(17-26)22-13-6-7-14-23(22)27-5;;/h2*6-7,10-14,17-19H,8-9,15-16H2,1-5H3;2*1H/q2*+1;;/p-2. The molecule has 0 radical (unpaired) electrons. The van der Waals surface area contributed by atoms with E-state index >= 15 is 0 Å². The molecule has 0 atom stereocenters. The van der Waals surface area contributed by atoms with Crippen LogP contribution in [0.2, 0.25) is 0 Å². The van der Waals surface area contributed by atoms with Crippen molar-refractivity contribution in [3.63, 3.8) is 0 Å². The zero-order valence-corrected chi connectivity index (χ0v) is 39.9. The first-order valence-electron chi connectivity index (χ1n) is 20.3. The first kappa shape index (κ1) is 47.3. The molecule has 0 fully saturated rings. The van der Waals surface area contributed by atoms with E-state index in [9.17, 15) is 0 Å². The van der Waals surface area contributed by atoms with Gasteiger partial charge in [0.05, 0.1) is 40.4 Å². The van der Waals surface area contributed by atoms with Crippen LogP contribution in [0.5, 0.6) is 11.5 Å². The second-order valence-corrected chi connectivity index (χ2v) is 16.0. The molecule has 0 spiro atoms. The van der Waals surface area contributed by atoms with E-state index < -0.39 is 0 Å². The highest BCUT2D eigenvalue weighted by atomic mass is 127. The normalized spacial score (nSPS) is 14.5. The van der Waals surface area contributed by atoms with Crippen molar-refractivity contribution >= 4 is 35.4 Å². The summed E-state index contributed by atoms with van der Waals surface area (Å²) in [6.45, 7) is 22.4. The number of rotatable bonds is 10. The Labute approximate surface area is 373 Å². The van der Waals surface area contributed by atoms with Gasteiger partial charge in [-0.25, -0.2) is 19.0 Å². The summed E-state index contributed by atoms with van der Waals surface area (Å²) in [5.41, 5.74) is 10.8. The lowest BCUT2D eigenvalue weighted by atomic mass is 9.92. The molecule has 2 aliphatic rings. The molecule has 0 unspecified atom stereocenters. The van der Waals surface area contributed by atoms with Crippen molar-refractivity contribution in [3.05, 3.63) is 107 Å². The van der Waals surface area contributed by atoms with E-state index in [4.69, 9.17) is 9.47 Å². The molecule has 0 aromatic heterocycles. The van der Waals surface area contributed by atoms with Gasteiger partial charge in [0.25, 0.3) is 0 Å². The van der Waals surface area contributed by atoms with E-state index in [-0.39, 0.29) is 48.0 Å². The quantitative estimate of drug-likeness (QED) is 0.148. The monoisotopic (exact) mass is 984 g/mol. The highest BCUT2D eigenvalue weighted by Crippen LogP contribution is 2.37. The van der Waals surface area contributed by atoms with Crippen molar-refractivity contribution in [1.82, 2.24) is 0 Å². The van der Waals surface area contributed by atoms with Crippen molar-refractivity contribution in [2.45, 2.75) is 105 Å². The smallest absolute Gasteiger partial charge is 0.244 e. The van der Waals surface area contributed by atoms with Crippen LogP contribution < -0.4 is 67.2 Å². The molecule has 0 bridgehead atoms. The summed E-state index contributed by atoms with van der Waals surface area (Å²) in [7, 11) is 3.50. The molecule has 6 nitrogen and oxygen atoms in total. The summed E-state index contributed by atoms with van der Waals surface area (Å²) < 4.78 is 16.2. The van der Waals surface area contributed by atoms with Crippen LogP contribution in [0.4, 0.5) is 22.7 Å². The molecule has 0 amide bonds.